The van der Waals surface area contributed by atoms with Gasteiger partial charge in [-0.2, -0.15) is 10.2 Å². The molecule has 0 bridgehead atoms. The summed E-state index contributed by atoms with van der Waals surface area (Å²) in [6.45, 7) is 16.2. The predicted octanol–water partition coefficient (Wildman–Crippen LogP) is 4.81. The number of rotatable bonds is 6. The number of benzene rings is 2. The molecule has 2 aliphatic heterocycles. The second-order valence-corrected chi connectivity index (χ2v) is 16.4. The highest BCUT2D eigenvalue weighted by Gasteiger charge is 2.53. The number of fused-ring (bicyclic) bond motifs is 2. The van der Waals surface area contributed by atoms with Gasteiger partial charge in [-0.3, -0.25) is 14.3 Å². The molecular weight excluding hydrogens is 716 g/mol. The molecule has 17 heteroatoms. The van der Waals surface area contributed by atoms with Crippen LogP contribution in [0, 0.1) is 0 Å². The van der Waals surface area contributed by atoms with E-state index in [2.05, 4.69) is 10.2 Å². The van der Waals surface area contributed by atoms with E-state index in [9.17, 15) is 9.59 Å². The molecule has 0 atom stereocenters. The third-order valence-corrected chi connectivity index (χ3v) is 11.3. The summed E-state index contributed by atoms with van der Waals surface area (Å²) in [6.07, 6.45) is 1.79. The summed E-state index contributed by atoms with van der Waals surface area (Å²) < 4.78 is 27.4. The standard InChI is InChI=1S/C17H22BCl2N3O3.C17H23BClN3O3/c1-16(2)17(3,4)26-18(25-16)10-7-8-11-13(14(10)19)15(20)23(21-11)9-12(24)22(5)6;1-16(2)17(3,4)25-18(24-16)12-7-8-13-11(15(12)19)9-22(20-13)10-14(23)21(5)6/h7-8H,9H2,1-6H3;7-9H,10H2,1-6H3. The molecule has 51 heavy (non-hydrogen) atoms. The number of nitrogens with zero attached hydrogens (tertiary/aromatic N) is 6. The summed E-state index contributed by atoms with van der Waals surface area (Å²) in [5.41, 5.74) is 1.01. The Hall–Kier alpha value is -2.84. The third-order valence-electron chi connectivity index (χ3n) is 10.1. The van der Waals surface area contributed by atoms with Crippen molar-refractivity contribution in [3.8, 4) is 0 Å². The lowest BCUT2D eigenvalue weighted by molar-refractivity contribution is -0.130. The van der Waals surface area contributed by atoms with Crippen LogP contribution in [0.5, 0.6) is 0 Å². The maximum absolute atomic E-state index is 12.0. The lowest BCUT2D eigenvalue weighted by atomic mass is 9.78. The molecule has 12 nitrogen and oxygen atoms in total. The second-order valence-electron chi connectivity index (χ2n) is 15.3. The first-order valence-corrected chi connectivity index (χ1v) is 17.7. The topological polar surface area (TPSA) is 113 Å². The fraction of sp³-hybridized carbons (Fsp3) is 0.529. The molecule has 4 heterocycles. The molecule has 2 aromatic heterocycles. The number of amides is 2. The van der Waals surface area contributed by atoms with Gasteiger partial charge in [0.05, 0.1) is 48.9 Å². The van der Waals surface area contributed by atoms with Crippen molar-refractivity contribution >= 4 is 93.6 Å². The summed E-state index contributed by atoms with van der Waals surface area (Å²) in [5.74, 6) is -0.142. The highest BCUT2D eigenvalue weighted by atomic mass is 35.5. The molecule has 0 aliphatic carbocycles. The first kappa shape index (κ1) is 39.4. The van der Waals surface area contributed by atoms with Crippen LogP contribution in [0.15, 0.2) is 30.5 Å². The van der Waals surface area contributed by atoms with E-state index in [0.717, 1.165) is 16.4 Å². The maximum Gasteiger partial charge on any atom is 0.496 e. The van der Waals surface area contributed by atoms with Gasteiger partial charge >= 0.3 is 14.2 Å². The zero-order valence-corrected chi connectivity index (χ0v) is 33.5. The Balaban J connectivity index is 0.000000198. The lowest BCUT2D eigenvalue weighted by Gasteiger charge is -2.32. The highest BCUT2D eigenvalue weighted by molar-refractivity contribution is 6.67. The third kappa shape index (κ3) is 7.51. The average Bonchev–Trinajstić information content (AvgIpc) is 3.68. The number of halogens is 3. The predicted molar refractivity (Wildman–Crippen MR) is 203 cm³/mol. The van der Waals surface area contributed by atoms with Crippen molar-refractivity contribution in [3.05, 3.63) is 45.7 Å². The molecule has 2 amide bonds. The molecule has 2 aliphatic rings. The lowest BCUT2D eigenvalue weighted by Crippen LogP contribution is -2.41. The Labute approximate surface area is 314 Å². The Kier molecular flexibility index (Phi) is 10.7. The first-order valence-electron chi connectivity index (χ1n) is 16.6. The molecule has 0 saturated carbocycles. The summed E-state index contributed by atoms with van der Waals surface area (Å²) in [6, 6.07) is 7.38. The van der Waals surface area contributed by atoms with E-state index < -0.39 is 36.6 Å². The number of hydrogen-bond donors (Lipinski definition) is 0. The van der Waals surface area contributed by atoms with Crippen molar-refractivity contribution in [2.45, 2.75) is 90.9 Å². The Morgan fingerprint density at radius 3 is 1.57 bits per heavy atom. The van der Waals surface area contributed by atoms with Gasteiger partial charge in [0.2, 0.25) is 11.8 Å². The van der Waals surface area contributed by atoms with Crippen LogP contribution in [0.25, 0.3) is 21.8 Å². The van der Waals surface area contributed by atoms with Gasteiger partial charge in [-0.1, -0.05) is 46.9 Å². The van der Waals surface area contributed by atoms with E-state index in [-0.39, 0.29) is 24.9 Å². The Morgan fingerprint density at radius 2 is 1.10 bits per heavy atom. The normalized spacial score (nSPS) is 18.6. The number of hydrogen-bond acceptors (Lipinski definition) is 8. The van der Waals surface area contributed by atoms with Crippen molar-refractivity contribution in [2.24, 2.45) is 0 Å². The van der Waals surface area contributed by atoms with Crippen molar-refractivity contribution in [2.75, 3.05) is 28.2 Å². The molecular formula is C34H45B2Cl3N6O6. The molecule has 0 N–H and O–H groups in total. The minimum absolute atomic E-state index is 0.0323. The number of aromatic nitrogens is 4. The number of carbonyl (C=O) groups is 2. The van der Waals surface area contributed by atoms with Crippen molar-refractivity contribution in [1.29, 1.82) is 0 Å². The SMILES string of the molecule is CN(C)C(=O)Cn1cc2c(Cl)c(B3OC(C)(C)C(C)(C)O3)ccc2n1.CN(C)C(=O)Cn1nc2ccc(B3OC(C)(C)C(C)(C)O3)c(Cl)c2c1Cl. The highest BCUT2D eigenvalue weighted by Crippen LogP contribution is 2.39. The Morgan fingerprint density at radius 1 is 0.667 bits per heavy atom. The van der Waals surface area contributed by atoms with E-state index in [1.165, 1.54) is 14.5 Å². The summed E-state index contributed by atoms with van der Waals surface area (Å²) >= 11 is 19.7. The van der Waals surface area contributed by atoms with Crippen LogP contribution in [-0.2, 0) is 41.3 Å². The van der Waals surface area contributed by atoms with Gasteiger partial charge in [-0.25, -0.2) is 4.68 Å². The zero-order valence-electron chi connectivity index (χ0n) is 31.2. The van der Waals surface area contributed by atoms with E-state index in [1.54, 1.807) is 39.1 Å². The fourth-order valence-corrected chi connectivity index (χ4v) is 6.30. The Bertz CT molecular complexity index is 1960. The van der Waals surface area contributed by atoms with Gasteiger partial charge in [0.1, 0.15) is 18.2 Å². The largest absolute Gasteiger partial charge is 0.496 e. The summed E-state index contributed by atoms with van der Waals surface area (Å²) in [7, 11) is 5.67. The fourth-order valence-electron chi connectivity index (χ4n) is 5.33. The molecule has 0 spiro atoms. The quantitative estimate of drug-likeness (QED) is 0.258. The minimum Gasteiger partial charge on any atom is -0.399 e. The van der Waals surface area contributed by atoms with Crippen molar-refractivity contribution in [1.82, 2.24) is 29.4 Å². The van der Waals surface area contributed by atoms with E-state index in [0.29, 0.717) is 31.6 Å². The zero-order chi connectivity index (χ0) is 38.0. The molecule has 6 rings (SSSR count). The van der Waals surface area contributed by atoms with Crippen LogP contribution in [0.2, 0.25) is 15.2 Å². The van der Waals surface area contributed by atoms with E-state index in [1.807, 2.05) is 79.7 Å². The van der Waals surface area contributed by atoms with Crippen LogP contribution in [0.4, 0.5) is 0 Å². The van der Waals surface area contributed by atoms with Gasteiger partial charge in [-0.15, -0.1) is 0 Å². The molecule has 0 unspecified atom stereocenters. The van der Waals surface area contributed by atoms with Crippen LogP contribution >= 0.6 is 34.8 Å². The minimum atomic E-state index is -0.597. The summed E-state index contributed by atoms with van der Waals surface area (Å²) in [4.78, 5) is 26.9. The van der Waals surface area contributed by atoms with Crippen LogP contribution in [0.3, 0.4) is 0 Å². The molecule has 4 aromatic rings. The molecule has 0 radical (unpaired) electrons. The van der Waals surface area contributed by atoms with E-state index >= 15 is 0 Å². The first-order chi connectivity index (χ1) is 23.5. The molecule has 2 saturated heterocycles. The van der Waals surface area contributed by atoms with Gasteiger partial charge in [0.25, 0.3) is 0 Å². The molecule has 2 aromatic carbocycles. The second kappa shape index (κ2) is 13.9. The smallest absolute Gasteiger partial charge is 0.399 e. The van der Waals surface area contributed by atoms with Crippen LogP contribution < -0.4 is 10.9 Å². The van der Waals surface area contributed by atoms with Gasteiger partial charge in [0, 0.05) is 50.7 Å². The average molecular weight is 762 g/mol. The molecule has 274 valence electrons. The maximum atomic E-state index is 12.0. The monoisotopic (exact) mass is 760 g/mol. The van der Waals surface area contributed by atoms with Gasteiger partial charge < -0.3 is 28.4 Å². The summed E-state index contributed by atoms with van der Waals surface area (Å²) in [5, 5.41) is 11.5. The van der Waals surface area contributed by atoms with E-state index in [4.69, 9.17) is 53.4 Å². The van der Waals surface area contributed by atoms with Crippen molar-refractivity contribution in [3.63, 3.8) is 0 Å². The molecule has 2 fully saturated rings. The van der Waals surface area contributed by atoms with Crippen LogP contribution in [-0.4, -0.2) is 106 Å². The van der Waals surface area contributed by atoms with Gasteiger partial charge in [-0.05, 0) is 67.5 Å². The number of carbonyl (C=O) groups excluding carboxylic acids is 2. The van der Waals surface area contributed by atoms with Crippen LogP contribution in [0.1, 0.15) is 55.4 Å². The van der Waals surface area contributed by atoms with Crippen molar-refractivity contribution < 1.29 is 28.2 Å². The van der Waals surface area contributed by atoms with Gasteiger partial charge in [0.15, 0.2) is 0 Å². The number of likely N-dealkylation sites (N-methyl/N-ethyl adjacent to an activating group) is 2.